The molecule has 0 aliphatic heterocycles. The Bertz CT molecular complexity index is 561. The van der Waals surface area contributed by atoms with E-state index in [4.69, 9.17) is 21.1 Å². The van der Waals surface area contributed by atoms with Gasteiger partial charge in [0.15, 0.2) is 0 Å². The second-order valence-electron chi connectivity index (χ2n) is 5.51. The van der Waals surface area contributed by atoms with Crippen molar-refractivity contribution in [3.05, 3.63) is 28.3 Å². The third kappa shape index (κ3) is 4.23. The number of hydrogen-bond acceptors (Lipinski definition) is 4. The second kappa shape index (κ2) is 7.47. The molecule has 6 heteroatoms. The fraction of sp³-hybridized carbons (Fsp3) is 0.500. The van der Waals surface area contributed by atoms with Crippen molar-refractivity contribution in [3.63, 3.8) is 0 Å². The predicted octanol–water partition coefficient (Wildman–Crippen LogP) is 4.22. The largest absolute Gasteiger partial charge is 0.471 e. The molecule has 1 aromatic carbocycles. The van der Waals surface area contributed by atoms with E-state index < -0.39 is 22.2 Å². The molecule has 0 saturated carbocycles. The molecule has 1 aromatic rings. The van der Waals surface area contributed by atoms with Crippen LogP contribution in [0.5, 0.6) is 5.75 Å². The van der Waals surface area contributed by atoms with Gasteiger partial charge in [0.25, 0.3) is 0 Å². The van der Waals surface area contributed by atoms with Gasteiger partial charge in [-0.2, -0.15) is 0 Å². The van der Waals surface area contributed by atoms with Crippen LogP contribution >= 0.6 is 27.5 Å². The molecule has 4 nitrogen and oxygen atoms in total. The van der Waals surface area contributed by atoms with E-state index in [0.29, 0.717) is 10.8 Å². The quantitative estimate of drug-likeness (QED) is 0.414. The van der Waals surface area contributed by atoms with Crippen LogP contribution in [0.3, 0.4) is 0 Å². The highest BCUT2D eigenvalue weighted by Crippen LogP contribution is 2.29. The van der Waals surface area contributed by atoms with E-state index in [1.54, 1.807) is 19.1 Å². The van der Waals surface area contributed by atoms with Gasteiger partial charge in [-0.1, -0.05) is 11.6 Å². The first-order valence-electron chi connectivity index (χ1n) is 6.90. The molecular weight excluding hydrogens is 372 g/mol. The van der Waals surface area contributed by atoms with E-state index in [1.165, 1.54) is 13.8 Å². The highest BCUT2D eigenvalue weighted by atomic mass is 79.9. The lowest BCUT2D eigenvalue weighted by Gasteiger charge is -2.24. The lowest BCUT2D eigenvalue weighted by atomic mass is 9.88. The molecule has 0 aromatic heterocycles. The Balaban J connectivity index is 2.91. The Morgan fingerprint density at radius 3 is 2.23 bits per heavy atom. The third-order valence-electron chi connectivity index (χ3n) is 3.26. The Kier molecular flexibility index (Phi) is 6.44. The maximum absolute atomic E-state index is 12.4. The first-order valence-corrected chi connectivity index (χ1v) is 8.19. The van der Waals surface area contributed by atoms with Crippen molar-refractivity contribution in [1.29, 1.82) is 0 Å². The fourth-order valence-electron chi connectivity index (χ4n) is 1.84. The number of Topliss-reactive ketones (excluding diaryl/α,β-unsaturated/α-hetero) is 1. The van der Waals surface area contributed by atoms with Crippen LogP contribution in [0.2, 0.25) is 5.02 Å². The number of hydrogen-bond donors (Lipinski definition) is 0. The van der Waals surface area contributed by atoms with Crippen molar-refractivity contribution in [2.75, 3.05) is 6.61 Å². The molecule has 0 radical (unpaired) electrons. The summed E-state index contributed by atoms with van der Waals surface area (Å²) in [5, 5.41) is -0.288. The summed E-state index contributed by atoms with van der Waals surface area (Å²) in [6.45, 7) is 8.66. The molecule has 1 atom stereocenters. The number of carbonyl (C=O) groups excluding carboxylic acids is 2. The van der Waals surface area contributed by atoms with Crippen molar-refractivity contribution >= 4 is 39.3 Å². The first-order chi connectivity index (χ1) is 10.1. The zero-order chi connectivity index (χ0) is 17.1. The number of ketones is 1. The minimum atomic E-state index is -1.29. The number of esters is 1. The van der Waals surface area contributed by atoms with Crippen molar-refractivity contribution in [1.82, 2.24) is 0 Å². The summed E-state index contributed by atoms with van der Waals surface area (Å²) in [5.74, 6) is -0.470. The van der Waals surface area contributed by atoms with E-state index in [9.17, 15) is 9.59 Å². The molecule has 1 unspecified atom stereocenters. The molecular formula is C16H20BrClO4. The molecule has 0 bridgehead atoms. The van der Waals surface area contributed by atoms with Crippen molar-refractivity contribution in [2.45, 2.75) is 39.6 Å². The average Bonchev–Trinajstić information content (AvgIpc) is 2.43. The summed E-state index contributed by atoms with van der Waals surface area (Å²) in [6.07, 6.45) is 0. The fourth-order valence-corrected chi connectivity index (χ4v) is 2.74. The summed E-state index contributed by atoms with van der Waals surface area (Å²) in [6, 6.07) is 3.49. The van der Waals surface area contributed by atoms with Crippen LogP contribution in [0.15, 0.2) is 12.1 Å². The molecule has 0 aliphatic rings. The van der Waals surface area contributed by atoms with E-state index in [1.807, 2.05) is 13.8 Å². The SMILES string of the molecule is CCOC(=O)C(C)(C)C(=O)C(Br)Oc1cc(C)c(Cl)c(C)c1. The summed E-state index contributed by atoms with van der Waals surface area (Å²) in [4.78, 5) is 24.3. The van der Waals surface area contributed by atoms with Gasteiger partial charge in [-0.05, 0) is 73.8 Å². The number of rotatable bonds is 6. The molecule has 1 rings (SSSR count). The van der Waals surface area contributed by atoms with Gasteiger partial charge < -0.3 is 9.47 Å². The van der Waals surface area contributed by atoms with Gasteiger partial charge in [-0.25, -0.2) is 0 Å². The van der Waals surface area contributed by atoms with Crippen LogP contribution in [0, 0.1) is 19.3 Å². The number of benzene rings is 1. The van der Waals surface area contributed by atoms with Crippen LogP contribution < -0.4 is 4.74 Å². The van der Waals surface area contributed by atoms with Gasteiger partial charge >= 0.3 is 5.97 Å². The molecule has 122 valence electrons. The van der Waals surface area contributed by atoms with Gasteiger partial charge in [0, 0.05) is 5.02 Å². The van der Waals surface area contributed by atoms with Crippen LogP contribution in [0.4, 0.5) is 0 Å². The Morgan fingerprint density at radius 1 is 1.27 bits per heavy atom. The van der Waals surface area contributed by atoms with Crippen LogP contribution in [-0.4, -0.2) is 23.4 Å². The molecule has 0 amide bonds. The van der Waals surface area contributed by atoms with Gasteiger partial charge in [-0.3, -0.25) is 9.59 Å². The Hall–Kier alpha value is -1.07. The number of aryl methyl sites for hydroxylation is 2. The van der Waals surface area contributed by atoms with Crippen molar-refractivity contribution in [2.24, 2.45) is 5.41 Å². The second-order valence-corrected chi connectivity index (χ2v) is 6.72. The zero-order valence-corrected chi connectivity index (χ0v) is 15.7. The van der Waals surface area contributed by atoms with Gasteiger partial charge in [0.2, 0.25) is 10.8 Å². The lowest BCUT2D eigenvalue weighted by Crippen LogP contribution is -2.41. The average molecular weight is 392 g/mol. The first kappa shape index (κ1) is 19.0. The standard InChI is InChI=1S/C16H20BrClO4/c1-6-21-15(20)16(4,5)13(19)14(17)22-11-7-9(2)12(18)10(3)8-11/h7-8,14H,6H2,1-5H3. The van der Waals surface area contributed by atoms with Gasteiger partial charge in [0.1, 0.15) is 11.2 Å². The number of alkyl halides is 1. The Labute approximate surface area is 144 Å². The number of halogens is 2. The van der Waals surface area contributed by atoms with Gasteiger partial charge in [0.05, 0.1) is 6.61 Å². The Morgan fingerprint density at radius 2 is 1.77 bits per heavy atom. The smallest absolute Gasteiger partial charge is 0.319 e. The molecule has 0 aliphatic carbocycles. The minimum Gasteiger partial charge on any atom is -0.471 e. The van der Waals surface area contributed by atoms with E-state index in [0.717, 1.165) is 11.1 Å². The van der Waals surface area contributed by atoms with E-state index >= 15 is 0 Å². The van der Waals surface area contributed by atoms with E-state index in [2.05, 4.69) is 15.9 Å². The summed E-state index contributed by atoms with van der Waals surface area (Å²) < 4.78 is 10.5. The van der Waals surface area contributed by atoms with E-state index in [-0.39, 0.29) is 6.61 Å². The minimum absolute atomic E-state index is 0.221. The molecule has 0 N–H and O–H groups in total. The summed E-state index contributed by atoms with van der Waals surface area (Å²) in [5.41, 5.74) is 0.419. The van der Waals surface area contributed by atoms with Crippen molar-refractivity contribution < 1.29 is 19.1 Å². The normalized spacial score (nSPS) is 12.7. The van der Waals surface area contributed by atoms with Crippen LogP contribution in [-0.2, 0) is 14.3 Å². The number of carbonyl (C=O) groups is 2. The molecule has 22 heavy (non-hydrogen) atoms. The number of ether oxygens (including phenoxy) is 2. The van der Waals surface area contributed by atoms with Gasteiger partial charge in [-0.15, -0.1) is 0 Å². The molecule has 0 fully saturated rings. The molecule has 0 saturated heterocycles. The summed E-state index contributed by atoms with van der Waals surface area (Å²) >= 11 is 9.29. The molecule has 0 spiro atoms. The van der Waals surface area contributed by atoms with Crippen LogP contribution in [0.1, 0.15) is 31.9 Å². The highest BCUT2D eigenvalue weighted by Gasteiger charge is 2.41. The zero-order valence-electron chi connectivity index (χ0n) is 13.3. The molecule has 0 heterocycles. The third-order valence-corrected chi connectivity index (χ3v) is 4.46. The predicted molar refractivity (Wildman–Crippen MR) is 89.7 cm³/mol. The highest BCUT2D eigenvalue weighted by molar-refractivity contribution is 9.09. The monoisotopic (exact) mass is 390 g/mol. The van der Waals surface area contributed by atoms with Crippen LogP contribution in [0.25, 0.3) is 0 Å². The van der Waals surface area contributed by atoms with Crippen molar-refractivity contribution in [3.8, 4) is 5.75 Å². The lowest BCUT2D eigenvalue weighted by molar-refractivity contribution is -0.158. The topological polar surface area (TPSA) is 52.6 Å². The maximum atomic E-state index is 12.4. The maximum Gasteiger partial charge on any atom is 0.319 e. The summed E-state index contributed by atoms with van der Waals surface area (Å²) in [7, 11) is 0.